The van der Waals surface area contributed by atoms with E-state index in [1.807, 2.05) is 37.0 Å². The zero-order valence-corrected chi connectivity index (χ0v) is 19.9. The Balaban J connectivity index is 1.66. The van der Waals surface area contributed by atoms with Crippen molar-refractivity contribution in [2.75, 3.05) is 45.8 Å². The summed E-state index contributed by atoms with van der Waals surface area (Å²) in [5.41, 5.74) is 3.29. The highest BCUT2D eigenvalue weighted by Crippen LogP contribution is 2.32. The van der Waals surface area contributed by atoms with Crippen LogP contribution >= 0.6 is 0 Å². The SMILES string of the molecule is C=CCN1CCN(C(c2ccc(C(=O)N(CC)CC)cc2)c2ccc3ccccc3c2)CC1. The third kappa shape index (κ3) is 5.18. The molecule has 33 heavy (non-hydrogen) atoms. The van der Waals surface area contributed by atoms with Gasteiger partial charge in [0.25, 0.3) is 5.91 Å². The molecule has 0 bridgehead atoms. The highest BCUT2D eigenvalue weighted by molar-refractivity contribution is 5.94. The van der Waals surface area contributed by atoms with E-state index in [9.17, 15) is 4.79 Å². The summed E-state index contributed by atoms with van der Waals surface area (Å²) in [6, 6.07) is 23.8. The van der Waals surface area contributed by atoms with E-state index >= 15 is 0 Å². The van der Waals surface area contributed by atoms with E-state index < -0.39 is 0 Å². The van der Waals surface area contributed by atoms with Crippen molar-refractivity contribution in [3.05, 3.63) is 96.1 Å². The Bertz CT molecular complexity index is 1080. The lowest BCUT2D eigenvalue weighted by molar-refractivity contribution is 0.0773. The highest BCUT2D eigenvalue weighted by Gasteiger charge is 2.26. The molecule has 3 aromatic carbocycles. The van der Waals surface area contributed by atoms with Gasteiger partial charge in [-0.3, -0.25) is 14.6 Å². The number of piperazine rings is 1. The molecule has 0 N–H and O–H groups in total. The molecular formula is C29H35N3O. The van der Waals surface area contributed by atoms with Crippen LogP contribution in [0.25, 0.3) is 10.8 Å². The van der Waals surface area contributed by atoms with Gasteiger partial charge in [-0.25, -0.2) is 0 Å². The van der Waals surface area contributed by atoms with Crippen molar-refractivity contribution in [3.63, 3.8) is 0 Å². The van der Waals surface area contributed by atoms with Crippen LogP contribution in [0.4, 0.5) is 0 Å². The molecule has 0 aliphatic carbocycles. The predicted octanol–water partition coefficient (Wildman–Crippen LogP) is 5.21. The van der Waals surface area contributed by atoms with Gasteiger partial charge in [0.2, 0.25) is 0 Å². The fourth-order valence-corrected chi connectivity index (χ4v) is 4.88. The molecule has 1 saturated heterocycles. The van der Waals surface area contributed by atoms with Gasteiger partial charge in [-0.05, 0) is 53.9 Å². The number of hydrogen-bond acceptors (Lipinski definition) is 3. The lowest BCUT2D eigenvalue weighted by Crippen LogP contribution is -2.47. The number of nitrogens with zero attached hydrogens (tertiary/aromatic N) is 3. The van der Waals surface area contributed by atoms with Gasteiger partial charge in [-0.15, -0.1) is 6.58 Å². The summed E-state index contributed by atoms with van der Waals surface area (Å²) < 4.78 is 0. The minimum atomic E-state index is 0.104. The van der Waals surface area contributed by atoms with Crippen molar-refractivity contribution >= 4 is 16.7 Å². The van der Waals surface area contributed by atoms with Gasteiger partial charge >= 0.3 is 0 Å². The topological polar surface area (TPSA) is 26.8 Å². The zero-order chi connectivity index (χ0) is 23.2. The van der Waals surface area contributed by atoms with Crippen molar-refractivity contribution in [3.8, 4) is 0 Å². The largest absolute Gasteiger partial charge is 0.339 e. The molecule has 4 heteroatoms. The number of carbonyl (C=O) groups is 1. The standard InChI is InChI=1S/C29H35N3O/c1-4-17-30-18-20-32(21-19-30)28(27-16-11-23-9-7-8-10-26(23)22-27)24-12-14-25(15-13-24)29(33)31(5-2)6-3/h4,7-16,22,28H,1,5-6,17-21H2,2-3H3. The Hall–Kier alpha value is -2.95. The summed E-state index contributed by atoms with van der Waals surface area (Å²) >= 11 is 0. The summed E-state index contributed by atoms with van der Waals surface area (Å²) in [5.74, 6) is 0.104. The second kappa shape index (κ2) is 10.8. The van der Waals surface area contributed by atoms with Gasteiger partial charge in [0.1, 0.15) is 0 Å². The maximum Gasteiger partial charge on any atom is 0.253 e. The van der Waals surface area contributed by atoms with Gasteiger partial charge in [-0.1, -0.05) is 54.6 Å². The molecule has 0 saturated carbocycles. The van der Waals surface area contributed by atoms with E-state index in [1.165, 1.54) is 21.9 Å². The summed E-state index contributed by atoms with van der Waals surface area (Å²) in [6.07, 6.45) is 1.99. The quantitative estimate of drug-likeness (QED) is 0.449. The first-order valence-electron chi connectivity index (χ1n) is 12.1. The number of carbonyl (C=O) groups excluding carboxylic acids is 1. The van der Waals surface area contributed by atoms with Crippen LogP contribution in [0.2, 0.25) is 0 Å². The van der Waals surface area contributed by atoms with Gasteiger partial charge in [0, 0.05) is 51.4 Å². The fraction of sp³-hybridized carbons (Fsp3) is 0.345. The first-order chi connectivity index (χ1) is 16.1. The van der Waals surface area contributed by atoms with E-state index in [-0.39, 0.29) is 11.9 Å². The Labute approximate surface area is 198 Å². The van der Waals surface area contributed by atoms with Crippen LogP contribution in [0, 0.1) is 0 Å². The summed E-state index contributed by atoms with van der Waals surface area (Å²) in [7, 11) is 0. The lowest BCUT2D eigenvalue weighted by atomic mass is 9.93. The van der Waals surface area contributed by atoms with Crippen molar-refractivity contribution in [2.45, 2.75) is 19.9 Å². The number of fused-ring (bicyclic) bond motifs is 1. The van der Waals surface area contributed by atoms with Crippen LogP contribution in [0.1, 0.15) is 41.4 Å². The Morgan fingerprint density at radius 1 is 0.909 bits per heavy atom. The van der Waals surface area contributed by atoms with Gasteiger partial charge in [-0.2, -0.15) is 0 Å². The molecule has 1 atom stereocenters. The molecule has 0 radical (unpaired) electrons. The van der Waals surface area contributed by atoms with Gasteiger partial charge in [0.15, 0.2) is 0 Å². The third-order valence-electron chi connectivity index (χ3n) is 6.77. The second-order valence-electron chi connectivity index (χ2n) is 8.73. The molecule has 1 aliphatic rings. The van der Waals surface area contributed by atoms with Crippen LogP contribution < -0.4 is 0 Å². The molecule has 1 amide bonds. The number of amides is 1. The van der Waals surface area contributed by atoms with E-state index in [0.29, 0.717) is 0 Å². The van der Waals surface area contributed by atoms with E-state index in [2.05, 4.69) is 71.0 Å². The van der Waals surface area contributed by atoms with Crippen molar-refractivity contribution in [1.82, 2.24) is 14.7 Å². The molecule has 0 spiro atoms. The monoisotopic (exact) mass is 441 g/mol. The molecule has 172 valence electrons. The van der Waals surface area contributed by atoms with Crippen LogP contribution in [-0.4, -0.2) is 66.4 Å². The van der Waals surface area contributed by atoms with Gasteiger partial charge < -0.3 is 4.90 Å². The molecule has 4 nitrogen and oxygen atoms in total. The average Bonchev–Trinajstić information content (AvgIpc) is 2.86. The molecular weight excluding hydrogens is 406 g/mol. The molecule has 3 aromatic rings. The lowest BCUT2D eigenvalue weighted by Gasteiger charge is -2.39. The molecule has 0 aromatic heterocycles. The number of benzene rings is 3. The smallest absolute Gasteiger partial charge is 0.253 e. The average molecular weight is 442 g/mol. The predicted molar refractivity (Wildman–Crippen MR) is 138 cm³/mol. The van der Waals surface area contributed by atoms with Crippen LogP contribution in [0.3, 0.4) is 0 Å². The summed E-state index contributed by atoms with van der Waals surface area (Å²) in [4.78, 5) is 19.7. The minimum Gasteiger partial charge on any atom is -0.339 e. The zero-order valence-electron chi connectivity index (χ0n) is 19.9. The van der Waals surface area contributed by atoms with Crippen LogP contribution in [0.5, 0.6) is 0 Å². The van der Waals surface area contributed by atoms with Gasteiger partial charge in [0.05, 0.1) is 6.04 Å². The van der Waals surface area contributed by atoms with Crippen molar-refractivity contribution < 1.29 is 4.79 Å². The Morgan fingerprint density at radius 3 is 2.18 bits per heavy atom. The number of rotatable bonds is 8. The summed E-state index contributed by atoms with van der Waals surface area (Å²) in [5, 5.41) is 2.52. The second-order valence-corrected chi connectivity index (χ2v) is 8.73. The Morgan fingerprint density at radius 2 is 1.55 bits per heavy atom. The molecule has 1 aliphatic heterocycles. The van der Waals surface area contributed by atoms with E-state index in [4.69, 9.17) is 0 Å². The normalized spacial score (nSPS) is 15.9. The van der Waals surface area contributed by atoms with E-state index in [1.54, 1.807) is 0 Å². The number of hydrogen-bond donors (Lipinski definition) is 0. The fourth-order valence-electron chi connectivity index (χ4n) is 4.88. The first kappa shape index (κ1) is 23.2. The highest BCUT2D eigenvalue weighted by atomic mass is 16.2. The minimum absolute atomic E-state index is 0.104. The maximum atomic E-state index is 12.8. The van der Waals surface area contributed by atoms with E-state index in [0.717, 1.165) is 51.4 Å². The summed E-state index contributed by atoms with van der Waals surface area (Å²) in [6.45, 7) is 14.4. The molecule has 1 heterocycles. The third-order valence-corrected chi connectivity index (χ3v) is 6.77. The Kier molecular flexibility index (Phi) is 7.58. The first-order valence-corrected chi connectivity index (χ1v) is 12.1. The molecule has 1 fully saturated rings. The van der Waals surface area contributed by atoms with Crippen LogP contribution in [-0.2, 0) is 0 Å². The maximum absolute atomic E-state index is 12.8. The molecule has 1 unspecified atom stereocenters. The molecule has 4 rings (SSSR count). The van der Waals surface area contributed by atoms with Crippen molar-refractivity contribution in [1.29, 1.82) is 0 Å². The van der Waals surface area contributed by atoms with Crippen LogP contribution in [0.15, 0.2) is 79.4 Å². The van der Waals surface area contributed by atoms with Crippen molar-refractivity contribution in [2.24, 2.45) is 0 Å².